The van der Waals surface area contributed by atoms with Gasteiger partial charge in [-0.3, -0.25) is 24.1 Å². The van der Waals surface area contributed by atoms with Crippen molar-refractivity contribution in [2.45, 2.75) is 52.1 Å². The number of carbonyl (C=O) groups is 5. The maximum Gasteiger partial charge on any atom is 0.425 e. The van der Waals surface area contributed by atoms with Crippen LogP contribution in [0.15, 0.2) is 36.4 Å². The first kappa shape index (κ1) is 31.9. The second-order valence-electron chi connectivity index (χ2n) is 8.13. The molecule has 0 aromatic heterocycles. The number of carbonyl (C=O) groups excluding carboxylic acids is 5. The van der Waals surface area contributed by atoms with Gasteiger partial charge in [0.15, 0.2) is 0 Å². The van der Waals surface area contributed by atoms with E-state index in [1.807, 2.05) is 0 Å². The van der Waals surface area contributed by atoms with Crippen LogP contribution in [0.5, 0.6) is 0 Å². The summed E-state index contributed by atoms with van der Waals surface area (Å²) in [5.74, 6) is -2.45. The van der Waals surface area contributed by atoms with E-state index in [9.17, 15) is 24.0 Å². The van der Waals surface area contributed by atoms with E-state index >= 15 is 0 Å². The Balaban J connectivity index is 0.00000185. The van der Waals surface area contributed by atoms with Crippen molar-refractivity contribution in [3.8, 4) is 0 Å². The monoisotopic (exact) mass is 524 g/mol. The molecule has 1 aromatic carbocycles. The number of ether oxygens (including phenoxy) is 1. The summed E-state index contributed by atoms with van der Waals surface area (Å²) in [7, 11) is -3.11. The number of esters is 1. The number of unbranched alkanes of at least 4 members (excludes halogenated alkanes) is 2. The summed E-state index contributed by atoms with van der Waals surface area (Å²) in [5.41, 5.74) is 9.94. The molecular weight excluding hydrogens is 496 g/mol. The lowest BCUT2D eigenvalue weighted by molar-refractivity contribution is -0.148. The van der Waals surface area contributed by atoms with Crippen molar-refractivity contribution >= 4 is 45.8 Å². The SMILES string of the molecule is CC(C)(C)OC(=O)C(=O)c1ccc(NC(=O)CCCCCN2C(=O)C=CC2=O)cc1.N=N.O=S(=O)=O. The highest BCUT2D eigenvalue weighted by molar-refractivity contribution is 7.59. The standard InChI is InChI=1S/C22H26N2O6.H2N2.O3S/c1-22(2,3)30-21(29)20(28)15-8-10-16(11-9-15)23-17(25)7-5-4-6-14-24-18(26)12-13-19(24)27;1-2;1-4(2)3/h8-13H,4-7,14H2,1-3H3,(H,23,25);1-2H;. The number of rotatable bonds is 9. The van der Waals surface area contributed by atoms with Crippen molar-refractivity contribution in [1.82, 2.24) is 4.90 Å². The number of hydrogen-bond acceptors (Lipinski definition) is 11. The first-order chi connectivity index (χ1) is 16.8. The molecule has 2 rings (SSSR count). The lowest BCUT2D eigenvalue weighted by atomic mass is 10.1. The molecule has 0 aliphatic carbocycles. The predicted molar refractivity (Wildman–Crippen MR) is 125 cm³/mol. The summed E-state index contributed by atoms with van der Waals surface area (Å²) < 4.78 is 30.4. The molecule has 0 atom stereocenters. The van der Waals surface area contributed by atoms with Crippen LogP contribution in [0.25, 0.3) is 0 Å². The van der Waals surface area contributed by atoms with Crippen molar-refractivity contribution in [1.29, 1.82) is 11.1 Å². The highest BCUT2D eigenvalue weighted by Gasteiger charge is 2.24. The number of imide groups is 1. The van der Waals surface area contributed by atoms with Crippen molar-refractivity contribution < 1.29 is 41.3 Å². The van der Waals surface area contributed by atoms with Gasteiger partial charge in [-0.05, 0) is 57.9 Å². The average Bonchev–Trinajstić information content (AvgIpc) is 3.11. The number of hydrogen-bond donors (Lipinski definition) is 3. The fraction of sp³-hybridized carbons (Fsp3) is 0.409. The van der Waals surface area contributed by atoms with Gasteiger partial charge in [-0.15, -0.1) is 12.6 Å². The molecule has 1 aliphatic rings. The van der Waals surface area contributed by atoms with E-state index < -0.39 is 28.0 Å². The zero-order valence-corrected chi connectivity index (χ0v) is 20.8. The van der Waals surface area contributed by atoms with Crippen molar-refractivity contribution in [3.63, 3.8) is 0 Å². The Morgan fingerprint density at radius 2 is 1.42 bits per heavy atom. The fourth-order valence-electron chi connectivity index (χ4n) is 2.75. The Hall–Kier alpha value is -4.07. The zero-order valence-electron chi connectivity index (χ0n) is 20.0. The van der Waals surface area contributed by atoms with Crippen LogP contribution in [-0.4, -0.2) is 59.1 Å². The predicted octanol–water partition coefficient (Wildman–Crippen LogP) is 2.23. The largest absolute Gasteiger partial charge is 0.454 e. The molecule has 0 saturated carbocycles. The van der Waals surface area contributed by atoms with Crippen molar-refractivity contribution in [2.24, 2.45) is 0 Å². The Morgan fingerprint density at radius 1 is 0.917 bits per heavy atom. The van der Waals surface area contributed by atoms with Gasteiger partial charge in [0, 0.05) is 36.4 Å². The molecule has 3 N–H and O–H groups in total. The average molecular weight is 525 g/mol. The van der Waals surface area contributed by atoms with Gasteiger partial charge in [0.1, 0.15) is 5.60 Å². The van der Waals surface area contributed by atoms with Gasteiger partial charge < -0.3 is 10.1 Å². The van der Waals surface area contributed by atoms with Crippen LogP contribution in [0.1, 0.15) is 56.8 Å². The number of nitrogens with one attached hydrogen (secondary N) is 3. The minimum Gasteiger partial charge on any atom is -0.454 e. The Morgan fingerprint density at radius 3 is 1.89 bits per heavy atom. The Kier molecular flexibility index (Phi) is 14.0. The van der Waals surface area contributed by atoms with E-state index in [4.69, 9.17) is 28.4 Å². The topological polar surface area (TPSA) is 209 Å². The number of benzene rings is 1. The Labute approximate surface area is 209 Å². The van der Waals surface area contributed by atoms with Crippen LogP contribution < -0.4 is 5.32 Å². The molecule has 0 fully saturated rings. The summed E-state index contributed by atoms with van der Waals surface area (Å²) in [4.78, 5) is 60.0. The van der Waals surface area contributed by atoms with E-state index in [-0.39, 0.29) is 23.3 Å². The molecule has 0 spiro atoms. The molecule has 1 aromatic rings. The molecule has 1 aliphatic heterocycles. The molecule has 36 heavy (non-hydrogen) atoms. The summed E-state index contributed by atoms with van der Waals surface area (Å²) in [6.45, 7) is 5.39. The molecule has 0 bridgehead atoms. The van der Waals surface area contributed by atoms with Gasteiger partial charge in [0.25, 0.3) is 17.6 Å². The summed E-state index contributed by atoms with van der Waals surface area (Å²) >= 11 is 0. The van der Waals surface area contributed by atoms with Crippen LogP contribution in [-0.2, 0) is 34.5 Å². The number of nitrogens with zero attached hydrogens (tertiary/aromatic N) is 1. The van der Waals surface area contributed by atoms with Crippen molar-refractivity contribution in [2.75, 3.05) is 11.9 Å². The number of amides is 3. The van der Waals surface area contributed by atoms with Gasteiger partial charge >= 0.3 is 16.6 Å². The molecule has 3 amide bonds. The third kappa shape index (κ3) is 13.0. The number of Topliss-reactive ketones (excluding diaryl/α,β-unsaturated/α-hetero) is 1. The molecule has 0 radical (unpaired) electrons. The molecule has 196 valence electrons. The lowest BCUT2D eigenvalue weighted by Gasteiger charge is -2.18. The first-order valence-corrected chi connectivity index (χ1v) is 11.5. The van der Waals surface area contributed by atoms with Crippen LogP contribution in [0, 0.1) is 11.1 Å². The summed E-state index contributed by atoms with van der Waals surface area (Å²) in [5, 5.41) is 2.73. The first-order valence-electron chi connectivity index (χ1n) is 10.5. The fourth-order valence-corrected chi connectivity index (χ4v) is 2.75. The van der Waals surface area contributed by atoms with E-state index in [0.29, 0.717) is 37.9 Å². The third-order valence-corrected chi connectivity index (χ3v) is 4.20. The molecular formula is C22H28N4O9S. The molecule has 0 saturated heterocycles. The van der Waals surface area contributed by atoms with Gasteiger partial charge in [0.05, 0.1) is 0 Å². The van der Waals surface area contributed by atoms with Crippen LogP contribution >= 0.6 is 0 Å². The van der Waals surface area contributed by atoms with Gasteiger partial charge in [-0.1, -0.05) is 6.42 Å². The third-order valence-electron chi connectivity index (χ3n) is 4.20. The molecule has 0 unspecified atom stereocenters. The number of anilines is 1. The smallest absolute Gasteiger partial charge is 0.425 e. The van der Waals surface area contributed by atoms with E-state index in [0.717, 1.165) is 0 Å². The van der Waals surface area contributed by atoms with E-state index in [1.165, 1.54) is 29.2 Å². The molecule has 1 heterocycles. The summed E-state index contributed by atoms with van der Waals surface area (Å²) in [6, 6.07) is 6.01. The molecule has 13 nitrogen and oxygen atoms in total. The van der Waals surface area contributed by atoms with Crippen LogP contribution in [0.2, 0.25) is 0 Å². The number of ketones is 1. The van der Waals surface area contributed by atoms with Crippen LogP contribution in [0.4, 0.5) is 5.69 Å². The van der Waals surface area contributed by atoms with Crippen LogP contribution in [0.3, 0.4) is 0 Å². The quantitative estimate of drug-likeness (QED) is 0.108. The Bertz CT molecular complexity index is 1070. The maximum absolute atomic E-state index is 12.1. The highest BCUT2D eigenvalue weighted by atomic mass is 32.2. The van der Waals surface area contributed by atoms with Gasteiger partial charge in [-0.2, -0.15) is 0 Å². The van der Waals surface area contributed by atoms with E-state index in [1.54, 1.807) is 32.9 Å². The minimum absolute atomic E-state index is 0.183. The highest BCUT2D eigenvalue weighted by Crippen LogP contribution is 2.14. The maximum atomic E-state index is 12.1. The zero-order chi connectivity index (χ0) is 27.9. The van der Waals surface area contributed by atoms with E-state index in [2.05, 4.69) is 5.32 Å². The van der Waals surface area contributed by atoms with Crippen molar-refractivity contribution in [3.05, 3.63) is 42.0 Å². The normalized spacial score (nSPS) is 12.0. The van der Waals surface area contributed by atoms with Gasteiger partial charge in [0.2, 0.25) is 5.91 Å². The second kappa shape index (κ2) is 15.8. The minimum atomic E-state index is -3.11. The lowest BCUT2D eigenvalue weighted by Crippen LogP contribution is -2.30. The van der Waals surface area contributed by atoms with Gasteiger partial charge in [-0.25, -0.2) is 15.9 Å². The molecule has 14 heteroatoms. The summed E-state index contributed by atoms with van der Waals surface area (Å²) in [6.07, 6.45) is 4.75. The second-order valence-corrected chi connectivity index (χ2v) is 8.54.